The molecule has 0 saturated carbocycles. The average molecular weight is 496 g/mol. The molecule has 174 valence electrons. The maximum absolute atomic E-state index is 13.1. The fraction of sp³-hybridized carbons (Fsp3) is 0.231. The van der Waals surface area contributed by atoms with Crippen LogP contribution in [0, 0.1) is 6.92 Å². The van der Waals surface area contributed by atoms with Crippen LogP contribution in [0.25, 0.3) is 5.65 Å². The van der Waals surface area contributed by atoms with Gasteiger partial charge in [0.15, 0.2) is 11.5 Å². The van der Waals surface area contributed by atoms with Gasteiger partial charge in [-0.15, -0.1) is 0 Å². The molecule has 1 aliphatic heterocycles. The van der Waals surface area contributed by atoms with Crippen LogP contribution in [0.3, 0.4) is 0 Å². The molecule has 1 atom stereocenters. The number of benzene rings is 2. The van der Waals surface area contributed by atoms with E-state index in [0.717, 1.165) is 28.2 Å². The highest BCUT2D eigenvalue weighted by molar-refractivity contribution is 6.35. The van der Waals surface area contributed by atoms with E-state index in [4.69, 9.17) is 32.7 Å². The van der Waals surface area contributed by atoms with E-state index < -0.39 is 0 Å². The number of nitrogens with zero attached hydrogens (tertiary/aromatic N) is 2. The van der Waals surface area contributed by atoms with Crippen molar-refractivity contribution >= 4 is 34.8 Å². The minimum Gasteiger partial charge on any atom is -0.454 e. The molecule has 8 heteroatoms. The quantitative estimate of drug-likeness (QED) is 0.364. The number of rotatable bonds is 7. The first-order chi connectivity index (χ1) is 16.5. The van der Waals surface area contributed by atoms with E-state index in [-0.39, 0.29) is 25.0 Å². The number of hydrogen-bond acceptors (Lipinski definition) is 4. The molecular formula is C26H23Cl2N3O3. The second kappa shape index (κ2) is 9.57. The number of ether oxygens (including phenoxy) is 2. The second-order valence-electron chi connectivity index (χ2n) is 8.25. The molecule has 3 heterocycles. The molecule has 4 aromatic rings. The molecule has 0 radical (unpaired) electrons. The van der Waals surface area contributed by atoms with Gasteiger partial charge in [-0.1, -0.05) is 41.4 Å². The third kappa shape index (κ3) is 4.56. The monoisotopic (exact) mass is 495 g/mol. The molecular weight excluding hydrogens is 473 g/mol. The van der Waals surface area contributed by atoms with Gasteiger partial charge in [0.25, 0.3) is 0 Å². The summed E-state index contributed by atoms with van der Waals surface area (Å²) in [5.41, 5.74) is 4.75. The molecule has 6 nitrogen and oxygen atoms in total. The van der Waals surface area contributed by atoms with Crippen molar-refractivity contribution in [3.05, 3.63) is 93.4 Å². The lowest BCUT2D eigenvalue weighted by Crippen LogP contribution is -2.27. The van der Waals surface area contributed by atoms with Crippen LogP contribution < -0.4 is 14.8 Å². The van der Waals surface area contributed by atoms with Crippen molar-refractivity contribution in [2.45, 2.75) is 25.7 Å². The number of hydrogen-bond donors (Lipinski definition) is 1. The molecule has 2 aromatic carbocycles. The topological polar surface area (TPSA) is 64.9 Å². The van der Waals surface area contributed by atoms with Crippen LogP contribution in [-0.2, 0) is 11.2 Å². The highest BCUT2D eigenvalue weighted by Gasteiger charge is 2.25. The molecule has 0 fully saturated rings. The number of aromatic nitrogens is 2. The highest BCUT2D eigenvalue weighted by atomic mass is 35.5. The summed E-state index contributed by atoms with van der Waals surface area (Å²) in [5, 5.41) is 4.22. The van der Waals surface area contributed by atoms with E-state index in [1.165, 1.54) is 0 Å². The molecule has 5 rings (SSSR count). The van der Waals surface area contributed by atoms with Gasteiger partial charge in [0.1, 0.15) is 5.65 Å². The van der Waals surface area contributed by atoms with Gasteiger partial charge in [-0.05, 0) is 60.9 Å². The van der Waals surface area contributed by atoms with Gasteiger partial charge in [0.05, 0.1) is 5.69 Å². The lowest BCUT2D eigenvalue weighted by atomic mass is 9.91. The van der Waals surface area contributed by atoms with Crippen LogP contribution >= 0.6 is 23.2 Å². The molecule has 0 spiro atoms. The standard InChI is InChI=1S/C26H23Cl2N3O3/c1-16-3-2-4-25-30-14-22(31(16)25)20(18-6-8-23-24(11-18)34-15-33-23)13-26(32)29-10-9-17-5-7-19(27)12-21(17)28/h2-8,11-12,14,20H,9-10,13,15H2,1H3,(H,29,32). The van der Waals surface area contributed by atoms with E-state index in [9.17, 15) is 4.79 Å². The normalized spacial score (nSPS) is 13.3. The number of carbonyl (C=O) groups excluding carboxylic acids is 1. The molecule has 1 amide bonds. The minimum absolute atomic E-state index is 0.0590. The predicted octanol–water partition coefficient (Wildman–Crippen LogP) is 5.56. The molecule has 34 heavy (non-hydrogen) atoms. The third-order valence-corrected chi connectivity index (χ3v) is 6.62. The van der Waals surface area contributed by atoms with Crippen molar-refractivity contribution in [1.29, 1.82) is 0 Å². The van der Waals surface area contributed by atoms with Crippen molar-refractivity contribution in [3.8, 4) is 11.5 Å². The zero-order valence-corrected chi connectivity index (χ0v) is 20.1. The summed E-state index contributed by atoms with van der Waals surface area (Å²) >= 11 is 12.2. The first kappa shape index (κ1) is 22.6. The molecule has 1 N–H and O–H groups in total. The molecule has 1 unspecified atom stereocenters. The number of imidazole rings is 1. The lowest BCUT2D eigenvalue weighted by Gasteiger charge is -2.19. The summed E-state index contributed by atoms with van der Waals surface area (Å²) in [7, 11) is 0. The van der Waals surface area contributed by atoms with E-state index >= 15 is 0 Å². The van der Waals surface area contributed by atoms with Gasteiger partial charge >= 0.3 is 0 Å². The first-order valence-electron chi connectivity index (χ1n) is 11.0. The number of fused-ring (bicyclic) bond motifs is 2. The van der Waals surface area contributed by atoms with E-state index in [1.807, 2.05) is 55.6 Å². The Morgan fingerprint density at radius 1 is 1.12 bits per heavy atom. The number of nitrogens with one attached hydrogen (secondary N) is 1. The Labute approximate surface area is 207 Å². The van der Waals surface area contributed by atoms with Gasteiger partial charge in [-0.2, -0.15) is 0 Å². The Balaban J connectivity index is 1.39. The molecule has 0 aliphatic carbocycles. The van der Waals surface area contributed by atoms with Crippen LogP contribution in [0.4, 0.5) is 0 Å². The van der Waals surface area contributed by atoms with Crippen LogP contribution in [0.1, 0.15) is 34.9 Å². The Hall–Kier alpha value is -3.22. The fourth-order valence-corrected chi connectivity index (χ4v) is 4.82. The Kier molecular flexibility index (Phi) is 6.35. The Bertz CT molecular complexity index is 1370. The molecule has 0 bridgehead atoms. The van der Waals surface area contributed by atoms with Gasteiger partial charge in [0, 0.05) is 40.8 Å². The third-order valence-electron chi connectivity index (χ3n) is 6.03. The van der Waals surface area contributed by atoms with Crippen molar-refractivity contribution in [3.63, 3.8) is 0 Å². The van der Waals surface area contributed by atoms with Crippen LogP contribution in [0.5, 0.6) is 11.5 Å². The summed E-state index contributed by atoms with van der Waals surface area (Å²) in [6, 6.07) is 17.2. The van der Waals surface area contributed by atoms with Gasteiger partial charge in [-0.25, -0.2) is 4.98 Å². The summed E-state index contributed by atoms with van der Waals surface area (Å²) in [6.07, 6.45) is 2.72. The van der Waals surface area contributed by atoms with E-state index in [0.29, 0.717) is 34.5 Å². The zero-order chi connectivity index (χ0) is 23.7. The van der Waals surface area contributed by atoms with Crippen molar-refractivity contribution in [1.82, 2.24) is 14.7 Å². The van der Waals surface area contributed by atoms with Crippen molar-refractivity contribution in [2.24, 2.45) is 0 Å². The van der Waals surface area contributed by atoms with E-state index in [1.54, 1.807) is 12.1 Å². The fourth-order valence-electron chi connectivity index (χ4n) is 4.32. The largest absolute Gasteiger partial charge is 0.454 e. The molecule has 2 aromatic heterocycles. The summed E-state index contributed by atoms with van der Waals surface area (Å²) < 4.78 is 13.2. The number of amides is 1. The summed E-state index contributed by atoms with van der Waals surface area (Å²) in [4.78, 5) is 17.6. The Morgan fingerprint density at radius 3 is 2.82 bits per heavy atom. The van der Waals surface area contributed by atoms with Crippen LogP contribution in [0.15, 0.2) is 60.8 Å². The predicted molar refractivity (Wildman–Crippen MR) is 132 cm³/mol. The Morgan fingerprint density at radius 2 is 1.97 bits per heavy atom. The minimum atomic E-state index is -0.218. The highest BCUT2D eigenvalue weighted by Crippen LogP contribution is 2.38. The number of aryl methyl sites for hydroxylation is 1. The van der Waals surface area contributed by atoms with Gasteiger partial charge in [-0.3, -0.25) is 4.79 Å². The summed E-state index contributed by atoms with van der Waals surface area (Å²) in [6.45, 7) is 2.71. The maximum atomic E-state index is 13.1. The van der Waals surface area contributed by atoms with Gasteiger partial charge in [0.2, 0.25) is 12.7 Å². The average Bonchev–Trinajstić information content (AvgIpc) is 3.46. The first-order valence-corrected chi connectivity index (χ1v) is 11.8. The zero-order valence-electron chi connectivity index (χ0n) is 18.6. The van der Waals surface area contributed by atoms with Crippen molar-refractivity contribution < 1.29 is 14.3 Å². The van der Waals surface area contributed by atoms with Crippen LogP contribution in [-0.4, -0.2) is 28.6 Å². The molecule has 1 aliphatic rings. The smallest absolute Gasteiger partial charge is 0.231 e. The number of halogens is 2. The summed E-state index contributed by atoms with van der Waals surface area (Å²) in [5.74, 6) is 1.12. The van der Waals surface area contributed by atoms with Crippen LogP contribution in [0.2, 0.25) is 10.0 Å². The maximum Gasteiger partial charge on any atom is 0.231 e. The van der Waals surface area contributed by atoms with Crippen molar-refractivity contribution in [2.75, 3.05) is 13.3 Å². The number of pyridine rings is 1. The SMILES string of the molecule is Cc1cccc2ncc(C(CC(=O)NCCc3ccc(Cl)cc3Cl)c3ccc4c(c3)OCO4)n12. The number of carbonyl (C=O) groups is 1. The van der Waals surface area contributed by atoms with Gasteiger partial charge < -0.3 is 19.2 Å². The van der Waals surface area contributed by atoms with E-state index in [2.05, 4.69) is 14.7 Å². The lowest BCUT2D eigenvalue weighted by molar-refractivity contribution is -0.121. The molecule has 0 saturated heterocycles. The second-order valence-corrected chi connectivity index (χ2v) is 9.09.